The van der Waals surface area contributed by atoms with Crippen molar-refractivity contribution < 1.29 is 14.4 Å². The van der Waals surface area contributed by atoms with Crippen LogP contribution in [0.1, 0.15) is 25.8 Å². The van der Waals surface area contributed by atoms with Crippen molar-refractivity contribution in [1.29, 1.82) is 0 Å². The number of hydrogen-bond donors (Lipinski definition) is 1. The zero-order valence-corrected chi connectivity index (χ0v) is 15.8. The fourth-order valence-corrected chi connectivity index (χ4v) is 2.70. The molecule has 7 heteroatoms. The van der Waals surface area contributed by atoms with E-state index < -0.39 is 4.92 Å². The third kappa shape index (κ3) is 5.35. The fourth-order valence-electron chi connectivity index (χ4n) is 2.23. The molecule has 0 spiro atoms. The number of nitro benzene ring substituents is 1. The van der Waals surface area contributed by atoms with Crippen LogP contribution in [0.2, 0.25) is 0 Å². The van der Waals surface area contributed by atoms with Gasteiger partial charge < -0.3 is 14.8 Å². The van der Waals surface area contributed by atoms with Gasteiger partial charge in [0, 0.05) is 28.8 Å². The van der Waals surface area contributed by atoms with Gasteiger partial charge in [0.1, 0.15) is 0 Å². The van der Waals surface area contributed by atoms with Gasteiger partial charge >= 0.3 is 0 Å². The Labute approximate surface area is 155 Å². The number of nitrogens with zero attached hydrogens (tertiary/aromatic N) is 1. The molecule has 25 heavy (non-hydrogen) atoms. The molecule has 0 saturated heterocycles. The Morgan fingerprint density at radius 3 is 2.60 bits per heavy atom. The van der Waals surface area contributed by atoms with Gasteiger partial charge in [0.2, 0.25) is 0 Å². The van der Waals surface area contributed by atoms with E-state index in [1.54, 1.807) is 12.1 Å². The summed E-state index contributed by atoms with van der Waals surface area (Å²) in [4.78, 5) is 10.5. The fraction of sp³-hybridized carbons (Fsp3) is 0.333. The van der Waals surface area contributed by atoms with Crippen LogP contribution in [0.15, 0.2) is 40.9 Å². The number of nitro groups is 1. The Bertz CT molecular complexity index is 737. The highest BCUT2D eigenvalue weighted by Gasteiger charge is 2.12. The van der Waals surface area contributed by atoms with Crippen LogP contribution in [-0.2, 0) is 6.54 Å². The first-order valence-electron chi connectivity index (χ1n) is 8.11. The predicted octanol–water partition coefficient (Wildman–Crippen LogP) is 5.16. The molecule has 0 aliphatic carbocycles. The molecule has 0 fully saturated rings. The molecule has 0 unspecified atom stereocenters. The standard InChI is InChI=1S/C18H21BrN2O4/c1-3-8-25-18-11-16(19)13(9-17(18)24-4-2)12-20-14-6-5-7-15(10-14)21(22)23/h5-7,9-11,20H,3-4,8,12H2,1-2H3. The smallest absolute Gasteiger partial charge is 0.271 e. The molecule has 2 rings (SSSR count). The van der Waals surface area contributed by atoms with E-state index in [0.29, 0.717) is 36.9 Å². The van der Waals surface area contributed by atoms with E-state index in [9.17, 15) is 10.1 Å². The quantitative estimate of drug-likeness (QED) is 0.458. The molecule has 6 nitrogen and oxygen atoms in total. The van der Waals surface area contributed by atoms with Gasteiger partial charge in [-0.25, -0.2) is 0 Å². The largest absolute Gasteiger partial charge is 0.490 e. The summed E-state index contributed by atoms with van der Waals surface area (Å²) in [7, 11) is 0. The number of hydrogen-bond acceptors (Lipinski definition) is 5. The summed E-state index contributed by atoms with van der Waals surface area (Å²) in [6.45, 7) is 5.63. The minimum absolute atomic E-state index is 0.0578. The van der Waals surface area contributed by atoms with Crippen LogP contribution in [0.4, 0.5) is 11.4 Å². The average Bonchev–Trinajstić information content (AvgIpc) is 2.60. The number of non-ortho nitro benzene ring substituents is 1. The molecule has 134 valence electrons. The molecule has 2 aromatic carbocycles. The van der Waals surface area contributed by atoms with Gasteiger partial charge in [0.15, 0.2) is 11.5 Å². The Morgan fingerprint density at radius 2 is 1.92 bits per heavy atom. The molecular formula is C18H21BrN2O4. The SMILES string of the molecule is CCCOc1cc(Br)c(CNc2cccc([N+](=O)[O-])c2)cc1OCC. The Hall–Kier alpha value is -2.28. The van der Waals surface area contributed by atoms with E-state index in [-0.39, 0.29) is 5.69 Å². The van der Waals surface area contributed by atoms with E-state index in [1.807, 2.05) is 26.0 Å². The lowest BCUT2D eigenvalue weighted by atomic mass is 10.2. The van der Waals surface area contributed by atoms with Gasteiger partial charge in [-0.1, -0.05) is 28.9 Å². The second-order valence-corrected chi connectivity index (χ2v) is 6.19. The van der Waals surface area contributed by atoms with Gasteiger partial charge in [-0.05, 0) is 37.1 Å². The van der Waals surface area contributed by atoms with Crippen molar-refractivity contribution in [1.82, 2.24) is 0 Å². The molecule has 0 aliphatic rings. The predicted molar refractivity (Wildman–Crippen MR) is 102 cm³/mol. The lowest BCUT2D eigenvalue weighted by molar-refractivity contribution is -0.384. The van der Waals surface area contributed by atoms with Gasteiger partial charge in [-0.15, -0.1) is 0 Å². The van der Waals surface area contributed by atoms with Gasteiger partial charge in [-0.3, -0.25) is 10.1 Å². The number of rotatable bonds is 9. The molecular weight excluding hydrogens is 388 g/mol. The Balaban J connectivity index is 2.17. The summed E-state index contributed by atoms with van der Waals surface area (Å²) < 4.78 is 12.3. The normalized spacial score (nSPS) is 10.4. The molecule has 0 aliphatic heterocycles. The maximum atomic E-state index is 10.9. The van der Waals surface area contributed by atoms with E-state index in [0.717, 1.165) is 16.5 Å². The second-order valence-electron chi connectivity index (χ2n) is 5.33. The van der Waals surface area contributed by atoms with Crippen molar-refractivity contribution in [2.24, 2.45) is 0 Å². The Kier molecular flexibility index (Phi) is 7.06. The van der Waals surface area contributed by atoms with Crippen LogP contribution in [0, 0.1) is 10.1 Å². The number of halogens is 1. The van der Waals surface area contributed by atoms with Crippen LogP contribution < -0.4 is 14.8 Å². The Morgan fingerprint density at radius 1 is 1.16 bits per heavy atom. The van der Waals surface area contributed by atoms with Crippen molar-refractivity contribution in [3.8, 4) is 11.5 Å². The summed E-state index contributed by atoms with van der Waals surface area (Å²) in [5, 5.41) is 14.1. The van der Waals surface area contributed by atoms with Gasteiger partial charge in [0.05, 0.1) is 18.1 Å². The van der Waals surface area contributed by atoms with Crippen LogP contribution >= 0.6 is 15.9 Å². The molecule has 0 heterocycles. The number of benzene rings is 2. The average molecular weight is 409 g/mol. The van der Waals surface area contributed by atoms with Gasteiger partial charge in [0.25, 0.3) is 5.69 Å². The highest BCUT2D eigenvalue weighted by Crippen LogP contribution is 2.34. The molecule has 0 aromatic heterocycles. The first-order valence-corrected chi connectivity index (χ1v) is 8.90. The van der Waals surface area contributed by atoms with Crippen LogP contribution in [-0.4, -0.2) is 18.1 Å². The minimum Gasteiger partial charge on any atom is -0.490 e. The monoisotopic (exact) mass is 408 g/mol. The number of ether oxygens (including phenoxy) is 2. The highest BCUT2D eigenvalue weighted by atomic mass is 79.9. The third-order valence-corrected chi connectivity index (χ3v) is 4.15. The van der Waals surface area contributed by atoms with E-state index in [1.165, 1.54) is 12.1 Å². The molecule has 0 radical (unpaired) electrons. The van der Waals surface area contributed by atoms with Crippen LogP contribution in [0.3, 0.4) is 0 Å². The van der Waals surface area contributed by atoms with E-state index in [2.05, 4.69) is 21.2 Å². The zero-order valence-electron chi connectivity index (χ0n) is 14.3. The second kappa shape index (κ2) is 9.27. The molecule has 2 aromatic rings. The maximum absolute atomic E-state index is 10.9. The molecule has 0 bridgehead atoms. The first kappa shape index (κ1) is 19.1. The van der Waals surface area contributed by atoms with Crippen molar-refractivity contribution in [3.63, 3.8) is 0 Å². The maximum Gasteiger partial charge on any atom is 0.271 e. The van der Waals surface area contributed by atoms with E-state index >= 15 is 0 Å². The lowest BCUT2D eigenvalue weighted by Crippen LogP contribution is -2.04. The zero-order chi connectivity index (χ0) is 18.2. The lowest BCUT2D eigenvalue weighted by Gasteiger charge is -2.15. The summed E-state index contributed by atoms with van der Waals surface area (Å²) in [5.41, 5.74) is 1.71. The minimum atomic E-state index is -0.409. The highest BCUT2D eigenvalue weighted by molar-refractivity contribution is 9.10. The molecule has 0 saturated carbocycles. The summed E-state index contributed by atoms with van der Waals surface area (Å²) in [6.07, 6.45) is 0.916. The number of nitrogens with one attached hydrogen (secondary N) is 1. The van der Waals surface area contributed by atoms with Crippen molar-refractivity contribution in [2.75, 3.05) is 18.5 Å². The van der Waals surface area contributed by atoms with E-state index in [4.69, 9.17) is 9.47 Å². The van der Waals surface area contributed by atoms with Crippen molar-refractivity contribution in [3.05, 3.63) is 56.5 Å². The number of anilines is 1. The van der Waals surface area contributed by atoms with Crippen molar-refractivity contribution in [2.45, 2.75) is 26.8 Å². The third-order valence-electron chi connectivity index (χ3n) is 3.41. The summed E-state index contributed by atoms with van der Waals surface area (Å²) >= 11 is 3.55. The van der Waals surface area contributed by atoms with Crippen LogP contribution in [0.25, 0.3) is 0 Å². The van der Waals surface area contributed by atoms with Gasteiger partial charge in [-0.2, -0.15) is 0 Å². The topological polar surface area (TPSA) is 73.6 Å². The molecule has 0 atom stereocenters. The molecule has 0 amide bonds. The summed E-state index contributed by atoms with van der Waals surface area (Å²) in [6, 6.07) is 10.2. The van der Waals surface area contributed by atoms with Crippen LogP contribution in [0.5, 0.6) is 11.5 Å². The first-order chi connectivity index (χ1) is 12.0. The van der Waals surface area contributed by atoms with Crippen molar-refractivity contribution >= 4 is 27.3 Å². The summed E-state index contributed by atoms with van der Waals surface area (Å²) in [5.74, 6) is 1.39. The molecule has 1 N–H and O–H groups in total.